The summed E-state index contributed by atoms with van der Waals surface area (Å²) in [4.78, 5) is 35.2. The van der Waals surface area contributed by atoms with Gasteiger partial charge in [0.25, 0.3) is 5.91 Å². The Labute approximate surface area is 160 Å². The molecule has 0 bridgehead atoms. The molecule has 0 aromatic heterocycles. The van der Waals surface area contributed by atoms with E-state index in [2.05, 4.69) is 10.6 Å². The molecule has 2 rings (SSSR count). The molecule has 0 spiro atoms. The fraction of sp³-hybridized carbons (Fsp3) is 0.211. The van der Waals surface area contributed by atoms with Gasteiger partial charge in [-0.2, -0.15) is 0 Å². The van der Waals surface area contributed by atoms with E-state index < -0.39 is 30.3 Å². The van der Waals surface area contributed by atoms with E-state index in [1.165, 1.54) is 19.1 Å². The Balaban J connectivity index is 1.90. The summed E-state index contributed by atoms with van der Waals surface area (Å²) in [5.41, 5.74) is 0.624. The molecule has 2 amide bonds. The van der Waals surface area contributed by atoms with E-state index in [1.54, 1.807) is 24.3 Å². The summed E-state index contributed by atoms with van der Waals surface area (Å²) in [6.07, 6.45) is -0.150. The number of anilines is 1. The predicted octanol–water partition coefficient (Wildman–Crippen LogP) is 3.23. The maximum Gasteiger partial charge on any atom is 0.308 e. The third kappa shape index (κ3) is 6.71. The summed E-state index contributed by atoms with van der Waals surface area (Å²) in [7, 11) is 0. The molecule has 2 aromatic rings. The van der Waals surface area contributed by atoms with Gasteiger partial charge >= 0.3 is 5.97 Å². The van der Waals surface area contributed by atoms with Gasteiger partial charge < -0.3 is 15.4 Å². The Kier molecular flexibility index (Phi) is 7.31. The number of rotatable bonds is 7. The van der Waals surface area contributed by atoms with Crippen LogP contribution in [0.15, 0.2) is 48.5 Å². The van der Waals surface area contributed by atoms with Gasteiger partial charge in [-0.3, -0.25) is 14.4 Å². The molecule has 0 fully saturated rings. The van der Waals surface area contributed by atoms with Gasteiger partial charge in [-0.15, -0.1) is 0 Å². The molecule has 0 saturated carbocycles. The van der Waals surface area contributed by atoms with E-state index in [0.717, 1.165) is 11.6 Å². The molecule has 142 valence electrons. The number of carbonyl (C=O) groups is 3. The minimum absolute atomic E-state index is 0.107. The third-order valence-corrected chi connectivity index (χ3v) is 3.75. The maximum atomic E-state index is 13.6. The van der Waals surface area contributed by atoms with Crippen molar-refractivity contribution in [3.63, 3.8) is 0 Å². The molecule has 0 radical (unpaired) electrons. The van der Waals surface area contributed by atoms with Crippen molar-refractivity contribution in [1.29, 1.82) is 0 Å². The largest absolute Gasteiger partial charge is 0.455 e. The Morgan fingerprint density at radius 1 is 1.15 bits per heavy atom. The van der Waals surface area contributed by atoms with Gasteiger partial charge in [0.1, 0.15) is 5.82 Å². The number of amides is 2. The van der Waals surface area contributed by atoms with E-state index >= 15 is 0 Å². The molecule has 6 nitrogen and oxygen atoms in total. The summed E-state index contributed by atoms with van der Waals surface area (Å²) >= 11 is 5.75. The highest BCUT2D eigenvalue weighted by Crippen LogP contribution is 2.20. The van der Waals surface area contributed by atoms with Crippen molar-refractivity contribution in [2.75, 3.05) is 11.9 Å². The summed E-state index contributed by atoms with van der Waals surface area (Å²) in [5.74, 6) is -2.35. The van der Waals surface area contributed by atoms with Gasteiger partial charge in [0.05, 0.1) is 18.2 Å². The quantitative estimate of drug-likeness (QED) is 0.708. The molecule has 0 aliphatic heterocycles. The normalized spacial score (nSPS) is 11.4. The summed E-state index contributed by atoms with van der Waals surface area (Å²) in [6, 6.07) is 12.0. The van der Waals surface area contributed by atoms with Crippen LogP contribution in [0.1, 0.15) is 24.9 Å². The standard InChI is InChI=1S/C19H18ClFN2O4/c1-12(24)22-16(13-5-3-2-4-6-13)10-19(26)27-11-18(25)23-17-9-14(20)7-8-15(17)21/h2-9,16H,10-11H2,1H3,(H,22,24)(H,23,25)/t16-/m1/s1. The number of hydrogen-bond donors (Lipinski definition) is 2. The van der Waals surface area contributed by atoms with Crippen LogP contribution in [0.2, 0.25) is 5.02 Å². The van der Waals surface area contributed by atoms with Crippen LogP contribution in [0.3, 0.4) is 0 Å². The Morgan fingerprint density at radius 2 is 1.85 bits per heavy atom. The van der Waals surface area contributed by atoms with Crippen molar-refractivity contribution in [2.24, 2.45) is 0 Å². The van der Waals surface area contributed by atoms with Gasteiger partial charge in [-0.05, 0) is 23.8 Å². The van der Waals surface area contributed by atoms with Crippen LogP contribution in [0.5, 0.6) is 0 Å². The molecule has 8 heteroatoms. The number of nitrogens with one attached hydrogen (secondary N) is 2. The molecule has 0 aliphatic rings. The zero-order valence-electron chi connectivity index (χ0n) is 14.5. The first-order valence-corrected chi connectivity index (χ1v) is 8.45. The first-order chi connectivity index (χ1) is 12.8. The van der Waals surface area contributed by atoms with Crippen molar-refractivity contribution >= 4 is 35.1 Å². The van der Waals surface area contributed by atoms with Gasteiger partial charge in [0.2, 0.25) is 5.91 Å². The number of benzene rings is 2. The molecule has 0 unspecified atom stereocenters. The lowest BCUT2D eigenvalue weighted by atomic mass is 10.0. The number of hydrogen-bond acceptors (Lipinski definition) is 4. The van der Waals surface area contributed by atoms with E-state index in [-0.39, 0.29) is 23.0 Å². The van der Waals surface area contributed by atoms with E-state index in [9.17, 15) is 18.8 Å². The SMILES string of the molecule is CC(=O)N[C@H](CC(=O)OCC(=O)Nc1cc(Cl)ccc1F)c1ccccc1. The lowest BCUT2D eigenvalue weighted by molar-refractivity contribution is -0.148. The zero-order valence-corrected chi connectivity index (χ0v) is 15.3. The van der Waals surface area contributed by atoms with Crippen LogP contribution in [0, 0.1) is 5.82 Å². The molecule has 0 aliphatic carbocycles. The summed E-state index contributed by atoms with van der Waals surface area (Å²) < 4.78 is 18.5. The number of halogens is 2. The molecule has 2 N–H and O–H groups in total. The minimum Gasteiger partial charge on any atom is -0.455 e. The van der Waals surface area contributed by atoms with Crippen LogP contribution in [0.4, 0.5) is 10.1 Å². The van der Waals surface area contributed by atoms with E-state index in [4.69, 9.17) is 16.3 Å². The van der Waals surface area contributed by atoms with Gasteiger partial charge in [0.15, 0.2) is 6.61 Å². The van der Waals surface area contributed by atoms with Crippen LogP contribution in [0.25, 0.3) is 0 Å². The van der Waals surface area contributed by atoms with Crippen molar-refractivity contribution < 1.29 is 23.5 Å². The van der Waals surface area contributed by atoms with E-state index in [0.29, 0.717) is 0 Å². The number of ether oxygens (including phenoxy) is 1. The van der Waals surface area contributed by atoms with Gasteiger partial charge in [0, 0.05) is 11.9 Å². The Morgan fingerprint density at radius 3 is 2.52 bits per heavy atom. The van der Waals surface area contributed by atoms with Gasteiger partial charge in [-0.25, -0.2) is 4.39 Å². The topological polar surface area (TPSA) is 84.5 Å². The van der Waals surface area contributed by atoms with E-state index in [1.807, 2.05) is 6.07 Å². The van der Waals surface area contributed by atoms with Crippen LogP contribution in [-0.2, 0) is 19.1 Å². The lowest BCUT2D eigenvalue weighted by Crippen LogP contribution is -2.29. The van der Waals surface area contributed by atoms with Crippen molar-refractivity contribution in [1.82, 2.24) is 5.32 Å². The molecule has 27 heavy (non-hydrogen) atoms. The monoisotopic (exact) mass is 392 g/mol. The van der Waals surface area contributed by atoms with Crippen molar-refractivity contribution in [3.05, 3.63) is 64.9 Å². The smallest absolute Gasteiger partial charge is 0.308 e. The first kappa shape index (κ1) is 20.4. The molecular weight excluding hydrogens is 375 g/mol. The molecule has 0 heterocycles. The minimum atomic E-state index is -0.708. The second-order valence-corrected chi connectivity index (χ2v) is 6.14. The molecular formula is C19H18ClFN2O4. The second kappa shape index (κ2) is 9.68. The average molecular weight is 393 g/mol. The van der Waals surface area contributed by atoms with Crippen LogP contribution < -0.4 is 10.6 Å². The molecule has 2 aromatic carbocycles. The zero-order chi connectivity index (χ0) is 19.8. The molecule has 0 saturated heterocycles. The summed E-state index contributed by atoms with van der Waals surface area (Å²) in [5, 5.41) is 5.20. The second-order valence-electron chi connectivity index (χ2n) is 5.70. The van der Waals surface area contributed by atoms with Crippen LogP contribution in [-0.4, -0.2) is 24.4 Å². The Bertz CT molecular complexity index is 830. The highest BCUT2D eigenvalue weighted by Gasteiger charge is 2.19. The summed E-state index contributed by atoms with van der Waals surface area (Å²) in [6.45, 7) is 0.751. The third-order valence-electron chi connectivity index (χ3n) is 3.52. The van der Waals surface area contributed by atoms with Gasteiger partial charge in [-0.1, -0.05) is 41.9 Å². The first-order valence-electron chi connectivity index (χ1n) is 8.07. The number of carbonyl (C=O) groups excluding carboxylic acids is 3. The predicted molar refractivity (Wildman–Crippen MR) is 98.6 cm³/mol. The van der Waals surface area contributed by atoms with Crippen molar-refractivity contribution in [2.45, 2.75) is 19.4 Å². The van der Waals surface area contributed by atoms with Crippen molar-refractivity contribution in [3.8, 4) is 0 Å². The highest BCUT2D eigenvalue weighted by atomic mass is 35.5. The number of esters is 1. The average Bonchev–Trinajstić information content (AvgIpc) is 2.63. The Hall–Kier alpha value is -2.93. The maximum absolute atomic E-state index is 13.6. The van der Waals surface area contributed by atoms with Crippen LogP contribution >= 0.6 is 11.6 Å². The highest BCUT2D eigenvalue weighted by molar-refractivity contribution is 6.30. The fourth-order valence-corrected chi connectivity index (χ4v) is 2.51. The molecule has 1 atom stereocenters. The lowest BCUT2D eigenvalue weighted by Gasteiger charge is -2.17. The fourth-order valence-electron chi connectivity index (χ4n) is 2.33.